The van der Waals surface area contributed by atoms with Gasteiger partial charge in [-0.05, 0) is 49.0 Å². The first-order valence-corrected chi connectivity index (χ1v) is 9.90. The van der Waals surface area contributed by atoms with E-state index in [9.17, 15) is 9.18 Å². The summed E-state index contributed by atoms with van der Waals surface area (Å²) < 4.78 is 14.1. The van der Waals surface area contributed by atoms with Crippen LogP contribution in [0.4, 0.5) is 4.39 Å². The lowest BCUT2D eigenvalue weighted by Gasteiger charge is -2.34. The molecule has 1 atom stereocenters. The number of hydrogen-bond donors (Lipinski definition) is 2. The molecule has 3 nitrogen and oxygen atoms in total. The third-order valence-corrected chi connectivity index (χ3v) is 6.23. The Kier molecular flexibility index (Phi) is 6.33. The Morgan fingerprint density at radius 2 is 1.81 bits per heavy atom. The largest absolute Gasteiger partial charge is 0.354 e. The van der Waals surface area contributed by atoms with Crippen LogP contribution in [0.15, 0.2) is 59.5 Å². The third kappa shape index (κ3) is 4.86. The van der Waals surface area contributed by atoms with E-state index in [1.54, 1.807) is 18.2 Å². The zero-order valence-corrected chi connectivity index (χ0v) is 15.8. The molecule has 0 aliphatic carbocycles. The Labute approximate surface area is 158 Å². The molecule has 138 valence electrons. The molecule has 1 aliphatic heterocycles. The molecule has 0 radical (unpaired) electrons. The zero-order valence-electron chi connectivity index (χ0n) is 15.0. The molecular formula is C21H25FN2OS. The van der Waals surface area contributed by atoms with Crippen LogP contribution in [-0.2, 0) is 4.79 Å². The minimum absolute atomic E-state index is 0.0655. The molecule has 2 N–H and O–H groups in total. The van der Waals surface area contributed by atoms with E-state index >= 15 is 0 Å². The molecule has 1 saturated heterocycles. The number of rotatable bonds is 6. The topological polar surface area (TPSA) is 41.1 Å². The van der Waals surface area contributed by atoms with E-state index in [0.29, 0.717) is 11.4 Å². The second-order valence-corrected chi connectivity index (χ2v) is 8.26. The fourth-order valence-electron chi connectivity index (χ4n) is 3.17. The van der Waals surface area contributed by atoms with Gasteiger partial charge in [-0.25, -0.2) is 4.39 Å². The maximum atomic E-state index is 14.1. The van der Waals surface area contributed by atoms with E-state index in [-0.39, 0.29) is 17.1 Å². The summed E-state index contributed by atoms with van der Waals surface area (Å²) in [5.41, 5.74) is 0.999. The highest BCUT2D eigenvalue weighted by Crippen LogP contribution is 2.37. The van der Waals surface area contributed by atoms with Gasteiger partial charge in [-0.2, -0.15) is 0 Å². The fourth-order valence-corrected chi connectivity index (χ4v) is 4.24. The summed E-state index contributed by atoms with van der Waals surface area (Å²) in [6, 6.07) is 16.2. The van der Waals surface area contributed by atoms with Crippen molar-refractivity contribution in [2.75, 3.05) is 19.6 Å². The van der Waals surface area contributed by atoms with Crippen LogP contribution in [0.5, 0.6) is 0 Å². The third-order valence-electron chi connectivity index (χ3n) is 4.92. The van der Waals surface area contributed by atoms with E-state index in [4.69, 9.17) is 0 Å². The van der Waals surface area contributed by atoms with E-state index < -0.39 is 5.25 Å². The Morgan fingerprint density at radius 3 is 2.50 bits per heavy atom. The van der Waals surface area contributed by atoms with Gasteiger partial charge >= 0.3 is 0 Å². The first-order chi connectivity index (χ1) is 12.6. The number of carbonyl (C=O) groups is 1. The van der Waals surface area contributed by atoms with Crippen LogP contribution in [-0.4, -0.2) is 25.5 Å². The van der Waals surface area contributed by atoms with Crippen molar-refractivity contribution in [1.82, 2.24) is 10.6 Å². The van der Waals surface area contributed by atoms with Gasteiger partial charge in [-0.3, -0.25) is 4.79 Å². The predicted octanol–water partition coefficient (Wildman–Crippen LogP) is 4.17. The number of carbonyl (C=O) groups excluding carboxylic acids is 1. The normalized spacial score (nSPS) is 17.5. The summed E-state index contributed by atoms with van der Waals surface area (Å²) in [5, 5.41) is 6.00. The SMILES string of the molecule is CC1(CNC(=O)C(Sc2ccccc2F)c2ccccc2)CCNCC1. The van der Waals surface area contributed by atoms with E-state index in [1.807, 2.05) is 30.3 Å². The molecular weight excluding hydrogens is 347 g/mol. The molecule has 0 spiro atoms. The highest BCUT2D eigenvalue weighted by Gasteiger charge is 2.29. The average Bonchev–Trinajstić information content (AvgIpc) is 2.67. The first-order valence-electron chi connectivity index (χ1n) is 9.02. The van der Waals surface area contributed by atoms with Crippen LogP contribution in [0.2, 0.25) is 0 Å². The maximum Gasteiger partial charge on any atom is 0.238 e. The molecule has 0 bridgehead atoms. The van der Waals surface area contributed by atoms with Gasteiger partial charge in [0, 0.05) is 11.4 Å². The van der Waals surface area contributed by atoms with Crippen molar-refractivity contribution in [1.29, 1.82) is 0 Å². The number of piperidine rings is 1. The molecule has 1 aliphatic rings. The monoisotopic (exact) mass is 372 g/mol. The lowest BCUT2D eigenvalue weighted by Crippen LogP contribution is -2.43. The number of hydrogen-bond acceptors (Lipinski definition) is 3. The van der Waals surface area contributed by atoms with Gasteiger partial charge in [0.05, 0.1) is 0 Å². The van der Waals surface area contributed by atoms with Crippen LogP contribution >= 0.6 is 11.8 Å². The average molecular weight is 373 g/mol. The van der Waals surface area contributed by atoms with Crippen LogP contribution in [0.1, 0.15) is 30.6 Å². The summed E-state index contributed by atoms with van der Waals surface area (Å²) in [6.45, 7) is 4.83. The Hall–Kier alpha value is -1.85. The maximum absolute atomic E-state index is 14.1. The molecule has 0 aromatic heterocycles. The smallest absolute Gasteiger partial charge is 0.238 e. The van der Waals surface area contributed by atoms with Gasteiger partial charge in [0.25, 0.3) is 0 Å². The van der Waals surface area contributed by atoms with Crippen LogP contribution < -0.4 is 10.6 Å². The molecule has 0 saturated carbocycles. The van der Waals surface area contributed by atoms with E-state index in [1.165, 1.54) is 17.8 Å². The van der Waals surface area contributed by atoms with Crippen molar-refractivity contribution in [3.63, 3.8) is 0 Å². The minimum Gasteiger partial charge on any atom is -0.354 e. The quantitative estimate of drug-likeness (QED) is 0.748. The Morgan fingerprint density at radius 1 is 1.15 bits per heavy atom. The lowest BCUT2D eigenvalue weighted by atomic mass is 9.81. The van der Waals surface area contributed by atoms with Crippen molar-refractivity contribution in [2.45, 2.75) is 29.9 Å². The van der Waals surface area contributed by atoms with E-state index in [2.05, 4.69) is 17.6 Å². The molecule has 1 heterocycles. The molecule has 2 aromatic carbocycles. The predicted molar refractivity (Wildman–Crippen MR) is 105 cm³/mol. The van der Waals surface area contributed by atoms with Crippen molar-refractivity contribution in [3.05, 3.63) is 66.0 Å². The van der Waals surface area contributed by atoms with Crippen LogP contribution in [0.3, 0.4) is 0 Å². The zero-order chi connectivity index (χ0) is 18.4. The summed E-state index contributed by atoms with van der Waals surface area (Å²) in [5.74, 6) is -0.360. The van der Waals surface area contributed by atoms with Crippen LogP contribution in [0.25, 0.3) is 0 Å². The first kappa shape index (κ1) is 18.9. The molecule has 26 heavy (non-hydrogen) atoms. The number of benzene rings is 2. The minimum atomic E-state index is -0.474. The molecule has 3 rings (SSSR count). The van der Waals surface area contributed by atoms with Crippen molar-refractivity contribution < 1.29 is 9.18 Å². The molecule has 2 aromatic rings. The van der Waals surface area contributed by atoms with Crippen molar-refractivity contribution in [2.24, 2.45) is 5.41 Å². The van der Waals surface area contributed by atoms with Gasteiger partial charge in [0.1, 0.15) is 11.1 Å². The standard InChI is InChI=1S/C21H25FN2OS/c1-21(11-13-23-14-12-21)15-24-20(25)19(16-7-3-2-4-8-16)26-18-10-6-5-9-17(18)22/h2-10,19,23H,11-15H2,1H3,(H,24,25). The number of nitrogens with one attached hydrogen (secondary N) is 2. The number of thioether (sulfide) groups is 1. The number of halogens is 1. The Bertz CT molecular complexity index is 732. The molecule has 5 heteroatoms. The van der Waals surface area contributed by atoms with Gasteiger partial charge in [-0.1, -0.05) is 49.4 Å². The molecule has 1 amide bonds. The highest BCUT2D eigenvalue weighted by molar-refractivity contribution is 8.00. The van der Waals surface area contributed by atoms with E-state index in [0.717, 1.165) is 31.5 Å². The summed E-state index contributed by atoms with van der Waals surface area (Å²) in [4.78, 5) is 13.5. The summed E-state index contributed by atoms with van der Waals surface area (Å²) in [7, 11) is 0. The fraction of sp³-hybridized carbons (Fsp3) is 0.381. The van der Waals surface area contributed by atoms with Crippen molar-refractivity contribution in [3.8, 4) is 0 Å². The van der Waals surface area contributed by atoms with Gasteiger partial charge in [0.2, 0.25) is 5.91 Å². The second-order valence-electron chi connectivity index (χ2n) is 7.12. The Balaban J connectivity index is 1.74. The van der Waals surface area contributed by atoms with Crippen molar-refractivity contribution >= 4 is 17.7 Å². The number of amides is 1. The molecule has 1 unspecified atom stereocenters. The van der Waals surface area contributed by atoms with Crippen LogP contribution in [0, 0.1) is 11.2 Å². The molecule has 1 fully saturated rings. The van der Waals surface area contributed by atoms with Gasteiger partial charge in [-0.15, -0.1) is 11.8 Å². The second kappa shape index (κ2) is 8.69. The summed E-state index contributed by atoms with van der Waals surface area (Å²) >= 11 is 1.26. The highest BCUT2D eigenvalue weighted by atomic mass is 32.2. The lowest BCUT2D eigenvalue weighted by molar-refractivity contribution is -0.121. The van der Waals surface area contributed by atoms with Gasteiger partial charge in [0.15, 0.2) is 0 Å². The summed E-state index contributed by atoms with van der Waals surface area (Å²) in [6.07, 6.45) is 2.09. The van der Waals surface area contributed by atoms with Gasteiger partial charge < -0.3 is 10.6 Å².